The highest BCUT2D eigenvalue weighted by Gasteiger charge is 2.40. The maximum Gasteiger partial charge on any atom is 0.264 e. The van der Waals surface area contributed by atoms with Crippen molar-refractivity contribution in [3.05, 3.63) is 82.1 Å². The van der Waals surface area contributed by atoms with E-state index < -0.39 is 21.8 Å². The highest BCUT2D eigenvalue weighted by molar-refractivity contribution is 7.92. The second kappa shape index (κ2) is 9.68. The standard InChI is InChI=1S/C26H26ClN3O6S/c1-26(2,3)17-6-8-19(9-7-17)37(33,34)28-21-11-10-20(27)22-23(21)25(32)30(24(22)31)14-16-12-18(35-4)15-29(13-16)36-5/h6-13,15H,14H2,1-5H3/p+1. The van der Waals surface area contributed by atoms with Crippen molar-refractivity contribution >= 4 is 39.1 Å². The Bertz CT molecular complexity index is 1480. The molecule has 0 fully saturated rings. The molecule has 1 aromatic heterocycles. The summed E-state index contributed by atoms with van der Waals surface area (Å²) in [6.45, 7) is 5.98. The highest BCUT2D eigenvalue weighted by Crippen LogP contribution is 2.36. The number of methoxy groups -OCH3 is 1. The molecule has 0 radical (unpaired) electrons. The number of hydrogen-bond donors (Lipinski definition) is 1. The van der Waals surface area contributed by atoms with Crippen LogP contribution in [0.15, 0.2) is 59.8 Å². The largest absolute Gasteiger partial charge is 0.491 e. The first-order valence-corrected chi connectivity index (χ1v) is 13.2. The number of ether oxygens (including phenoxy) is 1. The lowest BCUT2D eigenvalue weighted by Gasteiger charge is -2.19. The van der Waals surface area contributed by atoms with E-state index >= 15 is 0 Å². The number of rotatable bonds is 7. The van der Waals surface area contributed by atoms with Crippen LogP contribution in [0.25, 0.3) is 0 Å². The number of anilines is 1. The van der Waals surface area contributed by atoms with Gasteiger partial charge in [-0.2, -0.15) is 0 Å². The van der Waals surface area contributed by atoms with Crippen LogP contribution in [0, 0.1) is 0 Å². The smallest absolute Gasteiger partial charge is 0.264 e. The van der Waals surface area contributed by atoms with Gasteiger partial charge >= 0.3 is 0 Å². The Morgan fingerprint density at radius 2 is 1.62 bits per heavy atom. The Balaban J connectivity index is 1.67. The molecule has 0 unspecified atom stereocenters. The normalized spacial score (nSPS) is 13.5. The van der Waals surface area contributed by atoms with Crippen molar-refractivity contribution in [1.29, 1.82) is 0 Å². The van der Waals surface area contributed by atoms with Crippen LogP contribution in [0.3, 0.4) is 0 Å². The molecule has 3 aromatic rings. The fourth-order valence-corrected chi connectivity index (χ4v) is 5.32. The lowest BCUT2D eigenvalue weighted by atomic mass is 9.87. The molecular weight excluding hydrogens is 518 g/mol. The van der Waals surface area contributed by atoms with Gasteiger partial charge in [0.1, 0.15) is 7.11 Å². The van der Waals surface area contributed by atoms with E-state index in [0.717, 1.165) is 10.5 Å². The number of pyridine rings is 1. The van der Waals surface area contributed by atoms with Gasteiger partial charge in [-0.1, -0.05) is 44.5 Å². The Morgan fingerprint density at radius 3 is 2.22 bits per heavy atom. The van der Waals surface area contributed by atoms with Gasteiger partial charge < -0.3 is 4.74 Å². The summed E-state index contributed by atoms with van der Waals surface area (Å²) in [5.41, 5.74) is 1.19. The third kappa shape index (κ3) is 5.12. The molecule has 1 aliphatic heterocycles. The number of imide groups is 1. The van der Waals surface area contributed by atoms with Crippen molar-refractivity contribution in [2.45, 2.75) is 37.6 Å². The van der Waals surface area contributed by atoms with Crippen LogP contribution in [-0.2, 0) is 22.0 Å². The average Bonchev–Trinajstić information content (AvgIpc) is 3.10. The number of amides is 2. The summed E-state index contributed by atoms with van der Waals surface area (Å²) in [6, 6.07) is 10.9. The Morgan fingerprint density at radius 1 is 0.973 bits per heavy atom. The van der Waals surface area contributed by atoms with Crippen LogP contribution in [-0.4, -0.2) is 39.4 Å². The molecule has 0 aliphatic carbocycles. The number of hydrogen-bond acceptors (Lipinski definition) is 6. The number of fused-ring (bicyclic) bond motifs is 1. The zero-order chi connectivity index (χ0) is 27.1. The molecule has 0 atom stereocenters. The van der Waals surface area contributed by atoms with E-state index in [9.17, 15) is 18.0 Å². The average molecular weight is 545 g/mol. The molecule has 0 spiro atoms. The number of carbonyl (C=O) groups is 2. The van der Waals surface area contributed by atoms with Crippen molar-refractivity contribution in [3.63, 3.8) is 0 Å². The predicted molar refractivity (Wildman–Crippen MR) is 137 cm³/mol. The third-order valence-electron chi connectivity index (χ3n) is 6.01. The van der Waals surface area contributed by atoms with Crippen LogP contribution in [0.2, 0.25) is 5.02 Å². The third-order valence-corrected chi connectivity index (χ3v) is 7.71. The van der Waals surface area contributed by atoms with Crippen molar-refractivity contribution in [2.24, 2.45) is 0 Å². The summed E-state index contributed by atoms with van der Waals surface area (Å²) in [6.07, 6.45) is 3.18. The minimum Gasteiger partial charge on any atom is -0.491 e. The fourth-order valence-electron chi connectivity index (χ4n) is 4.01. The molecule has 37 heavy (non-hydrogen) atoms. The molecular formula is C26H27ClN3O6S+. The van der Waals surface area contributed by atoms with Gasteiger partial charge in [0, 0.05) is 10.3 Å². The van der Waals surface area contributed by atoms with Gasteiger partial charge in [-0.05, 0) is 41.3 Å². The number of sulfonamides is 1. The monoisotopic (exact) mass is 544 g/mol. The molecule has 1 N–H and O–H groups in total. The number of aromatic nitrogens is 1. The molecule has 2 heterocycles. The summed E-state index contributed by atoms with van der Waals surface area (Å²) < 4.78 is 35.4. The van der Waals surface area contributed by atoms with Gasteiger partial charge in [0.15, 0.2) is 5.75 Å². The van der Waals surface area contributed by atoms with E-state index in [-0.39, 0.29) is 38.7 Å². The topological polar surface area (TPSA) is 106 Å². The van der Waals surface area contributed by atoms with Crippen LogP contribution >= 0.6 is 11.6 Å². The van der Waals surface area contributed by atoms with Crippen molar-refractivity contribution in [2.75, 3.05) is 18.9 Å². The van der Waals surface area contributed by atoms with Crippen molar-refractivity contribution < 1.29 is 32.3 Å². The van der Waals surface area contributed by atoms with Gasteiger partial charge in [0.05, 0.1) is 40.4 Å². The predicted octanol–water partition coefficient (Wildman–Crippen LogP) is 3.59. The molecule has 1 aliphatic rings. The van der Waals surface area contributed by atoms with E-state index in [4.69, 9.17) is 21.2 Å². The Kier molecular flexibility index (Phi) is 6.91. The van der Waals surface area contributed by atoms with Gasteiger partial charge in [-0.15, -0.1) is 0 Å². The van der Waals surface area contributed by atoms with Crippen molar-refractivity contribution in [3.8, 4) is 5.75 Å². The summed E-state index contributed by atoms with van der Waals surface area (Å²) in [5.74, 6) is -0.845. The number of benzene rings is 2. The molecule has 0 saturated heterocycles. The number of halogens is 1. The van der Waals surface area contributed by atoms with E-state index in [1.54, 1.807) is 30.6 Å². The Hall–Kier alpha value is -3.63. The lowest BCUT2D eigenvalue weighted by molar-refractivity contribution is -0.885. The summed E-state index contributed by atoms with van der Waals surface area (Å²) in [4.78, 5) is 32.9. The highest BCUT2D eigenvalue weighted by atomic mass is 35.5. The van der Waals surface area contributed by atoms with Crippen LogP contribution in [0.5, 0.6) is 5.75 Å². The lowest BCUT2D eigenvalue weighted by Crippen LogP contribution is -2.41. The molecule has 11 heteroatoms. The molecule has 0 saturated carbocycles. The van der Waals surface area contributed by atoms with E-state index in [0.29, 0.717) is 11.3 Å². The molecule has 2 aromatic carbocycles. The summed E-state index contributed by atoms with van der Waals surface area (Å²) in [7, 11) is -1.12. The molecule has 0 bridgehead atoms. The first kappa shape index (κ1) is 26.4. The SMILES string of the molecule is COc1cc(CN2C(=O)c3c(Cl)ccc(NS(=O)(=O)c4ccc(C(C)(C)C)cc4)c3C2=O)c[n+](OC)c1. The van der Waals surface area contributed by atoms with E-state index in [1.165, 1.54) is 43.2 Å². The number of nitrogens with zero attached hydrogens (tertiary/aromatic N) is 2. The van der Waals surface area contributed by atoms with Gasteiger partial charge in [0.25, 0.3) is 28.0 Å². The van der Waals surface area contributed by atoms with E-state index in [2.05, 4.69) is 4.72 Å². The summed E-state index contributed by atoms with van der Waals surface area (Å²) in [5, 5.41) is 0.0472. The second-order valence-corrected chi connectivity index (χ2v) is 11.6. The second-order valence-electron chi connectivity index (χ2n) is 9.55. The maximum atomic E-state index is 13.4. The minimum absolute atomic E-state index is 0.0262. The van der Waals surface area contributed by atoms with Gasteiger partial charge in [-0.25, -0.2) is 8.42 Å². The fraction of sp³-hybridized carbons (Fsp3) is 0.269. The molecule has 2 amide bonds. The van der Waals surface area contributed by atoms with Crippen LogP contribution in [0.1, 0.15) is 52.6 Å². The minimum atomic E-state index is -4.06. The number of nitrogens with one attached hydrogen (secondary N) is 1. The summed E-state index contributed by atoms with van der Waals surface area (Å²) >= 11 is 6.29. The molecule has 9 nitrogen and oxygen atoms in total. The van der Waals surface area contributed by atoms with Gasteiger partial charge in [0.2, 0.25) is 6.20 Å². The Labute approximate surface area is 220 Å². The van der Waals surface area contributed by atoms with E-state index in [1.807, 2.05) is 20.8 Å². The van der Waals surface area contributed by atoms with Crippen LogP contribution in [0.4, 0.5) is 5.69 Å². The van der Waals surface area contributed by atoms with Crippen LogP contribution < -0.4 is 19.0 Å². The molecule has 4 rings (SSSR count). The van der Waals surface area contributed by atoms with Gasteiger partial charge in [-0.3, -0.25) is 24.0 Å². The van der Waals surface area contributed by atoms with Crippen molar-refractivity contribution in [1.82, 2.24) is 4.90 Å². The maximum absolute atomic E-state index is 13.4. The zero-order valence-electron chi connectivity index (χ0n) is 21.0. The first-order chi connectivity index (χ1) is 17.4. The number of carbonyl (C=O) groups excluding carboxylic acids is 2. The quantitative estimate of drug-likeness (QED) is 0.360. The first-order valence-electron chi connectivity index (χ1n) is 11.3. The molecule has 194 valence electrons. The zero-order valence-corrected chi connectivity index (χ0v) is 22.6.